The predicted octanol–water partition coefficient (Wildman–Crippen LogP) is 4.62. The molecule has 0 aliphatic carbocycles. The average molecular weight is 252 g/mol. The summed E-state index contributed by atoms with van der Waals surface area (Å²) < 4.78 is 0. The van der Waals surface area contributed by atoms with E-state index < -0.39 is 0 Å². The quantitative estimate of drug-likeness (QED) is 0.760. The van der Waals surface area contributed by atoms with Gasteiger partial charge in [0.15, 0.2) is 0 Å². The van der Waals surface area contributed by atoms with Gasteiger partial charge in [-0.15, -0.1) is 0 Å². The van der Waals surface area contributed by atoms with Crippen LogP contribution in [0, 0.1) is 0 Å². The zero-order valence-corrected chi connectivity index (χ0v) is 10.4. The van der Waals surface area contributed by atoms with Crippen molar-refractivity contribution in [2.75, 3.05) is 0 Å². The minimum Gasteiger partial charge on any atom is -0.261 e. The van der Waals surface area contributed by atoms with Crippen molar-refractivity contribution >= 4 is 23.2 Å². The maximum absolute atomic E-state index is 6.18. The second kappa shape index (κ2) is 4.86. The van der Waals surface area contributed by atoms with E-state index in [1.54, 1.807) is 12.3 Å². The molecule has 0 bridgehead atoms. The number of rotatable bonds is 2. The zero-order valence-electron chi connectivity index (χ0n) is 8.87. The van der Waals surface area contributed by atoms with Crippen LogP contribution in [0.3, 0.4) is 0 Å². The molecule has 2 aromatic rings. The van der Waals surface area contributed by atoms with E-state index in [-0.39, 0.29) is 0 Å². The van der Waals surface area contributed by atoms with Crippen molar-refractivity contribution in [3.05, 3.63) is 52.3 Å². The van der Waals surface area contributed by atoms with Crippen molar-refractivity contribution in [3.8, 4) is 11.1 Å². The Morgan fingerprint density at radius 1 is 1.12 bits per heavy atom. The molecule has 82 valence electrons. The van der Waals surface area contributed by atoms with Crippen LogP contribution in [0.25, 0.3) is 11.1 Å². The standard InChI is InChI=1S/C13H11Cl2N/c1-2-13-11(4-3-7-16-13)10-6-5-9(14)8-12(10)15/h3-8H,2H2,1H3. The Bertz CT molecular complexity index is 509. The molecule has 0 atom stereocenters. The van der Waals surface area contributed by atoms with Crippen molar-refractivity contribution in [2.45, 2.75) is 13.3 Å². The second-order valence-corrected chi connectivity index (χ2v) is 4.32. The van der Waals surface area contributed by atoms with Crippen LogP contribution < -0.4 is 0 Å². The van der Waals surface area contributed by atoms with E-state index in [1.807, 2.05) is 24.3 Å². The molecule has 0 amide bonds. The van der Waals surface area contributed by atoms with Gasteiger partial charge in [-0.05, 0) is 24.6 Å². The second-order valence-electron chi connectivity index (χ2n) is 3.48. The average Bonchev–Trinajstić information content (AvgIpc) is 2.29. The summed E-state index contributed by atoms with van der Waals surface area (Å²) in [5.74, 6) is 0. The lowest BCUT2D eigenvalue weighted by Gasteiger charge is -2.08. The fourth-order valence-corrected chi connectivity index (χ4v) is 2.18. The van der Waals surface area contributed by atoms with E-state index in [9.17, 15) is 0 Å². The summed E-state index contributed by atoms with van der Waals surface area (Å²) in [5, 5.41) is 1.31. The smallest absolute Gasteiger partial charge is 0.0499 e. The fourth-order valence-electron chi connectivity index (χ4n) is 1.67. The molecule has 0 aliphatic rings. The number of pyridine rings is 1. The zero-order chi connectivity index (χ0) is 11.5. The highest BCUT2D eigenvalue weighted by atomic mass is 35.5. The first-order valence-electron chi connectivity index (χ1n) is 5.11. The third-order valence-corrected chi connectivity index (χ3v) is 2.99. The van der Waals surface area contributed by atoms with Gasteiger partial charge in [0.2, 0.25) is 0 Å². The summed E-state index contributed by atoms with van der Waals surface area (Å²) >= 11 is 12.1. The van der Waals surface area contributed by atoms with Gasteiger partial charge in [0.1, 0.15) is 0 Å². The molecule has 0 fully saturated rings. The highest BCUT2D eigenvalue weighted by Gasteiger charge is 2.08. The van der Waals surface area contributed by atoms with Gasteiger partial charge in [0.05, 0.1) is 0 Å². The molecule has 0 aliphatic heterocycles. The summed E-state index contributed by atoms with van der Waals surface area (Å²) in [7, 11) is 0. The normalized spacial score (nSPS) is 10.4. The molecule has 0 spiro atoms. The first-order valence-corrected chi connectivity index (χ1v) is 5.87. The molecule has 0 saturated carbocycles. The molecule has 0 N–H and O–H groups in total. The van der Waals surface area contributed by atoms with Crippen molar-refractivity contribution < 1.29 is 0 Å². The van der Waals surface area contributed by atoms with E-state index >= 15 is 0 Å². The molecular weight excluding hydrogens is 241 g/mol. The predicted molar refractivity (Wildman–Crippen MR) is 69.1 cm³/mol. The van der Waals surface area contributed by atoms with Gasteiger partial charge in [0, 0.05) is 33.1 Å². The van der Waals surface area contributed by atoms with Crippen LogP contribution >= 0.6 is 23.2 Å². The third-order valence-electron chi connectivity index (χ3n) is 2.45. The van der Waals surface area contributed by atoms with Crippen LogP contribution in [-0.2, 0) is 6.42 Å². The molecule has 1 aromatic heterocycles. The molecule has 3 heteroatoms. The lowest BCUT2D eigenvalue weighted by atomic mass is 10.0. The van der Waals surface area contributed by atoms with Crippen LogP contribution in [0.5, 0.6) is 0 Å². The molecule has 1 nitrogen and oxygen atoms in total. The van der Waals surface area contributed by atoms with Crippen LogP contribution in [0.4, 0.5) is 0 Å². The molecule has 16 heavy (non-hydrogen) atoms. The molecule has 0 radical (unpaired) electrons. The number of benzene rings is 1. The first kappa shape index (κ1) is 11.4. The van der Waals surface area contributed by atoms with Crippen LogP contribution in [0.2, 0.25) is 10.0 Å². The SMILES string of the molecule is CCc1ncccc1-c1ccc(Cl)cc1Cl. The number of hydrogen-bond donors (Lipinski definition) is 0. The van der Waals surface area contributed by atoms with Gasteiger partial charge < -0.3 is 0 Å². The van der Waals surface area contributed by atoms with E-state index in [2.05, 4.69) is 11.9 Å². The van der Waals surface area contributed by atoms with Gasteiger partial charge in [-0.3, -0.25) is 4.98 Å². The summed E-state index contributed by atoms with van der Waals surface area (Å²) in [4.78, 5) is 4.35. The Balaban J connectivity index is 2.58. The first-order chi connectivity index (χ1) is 7.72. The van der Waals surface area contributed by atoms with Gasteiger partial charge >= 0.3 is 0 Å². The highest BCUT2D eigenvalue weighted by molar-refractivity contribution is 6.36. The number of nitrogens with zero attached hydrogens (tertiary/aromatic N) is 1. The van der Waals surface area contributed by atoms with Gasteiger partial charge in [-0.25, -0.2) is 0 Å². The maximum atomic E-state index is 6.18. The Morgan fingerprint density at radius 2 is 1.94 bits per heavy atom. The maximum Gasteiger partial charge on any atom is 0.0499 e. The largest absolute Gasteiger partial charge is 0.261 e. The summed E-state index contributed by atoms with van der Waals surface area (Å²) in [6.45, 7) is 2.08. The Kier molecular flexibility index (Phi) is 3.47. The molecule has 1 heterocycles. The van der Waals surface area contributed by atoms with Crippen molar-refractivity contribution in [1.29, 1.82) is 0 Å². The molecule has 0 unspecified atom stereocenters. The van der Waals surface area contributed by atoms with E-state index in [0.29, 0.717) is 10.0 Å². The third kappa shape index (κ3) is 2.21. The van der Waals surface area contributed by atoms with Crippen LogP contribution in [0.1, 0.15) is 12.6 Å². The Hall–Kier alpha value is -1.05. The van der Waals surface area contributed by atoms with Crippen LogP contribution in [0.15, 0.2) is 36.5 Å². The summed E-state index contributed by atoms with van der Waals surface area (Å²) in [6.07, 6.45) is 2.68. The number of aromatic nitrogens is 1. The summed E-state index contributed by atoms with van der Waals surface area (Å²) in [6, 6.07) is 9.47. The Morgan fingerprint density at radius 3 is 2.62 bits per heavy atom. The van der Waals surface area contributed by atoms with E-state index in [4.69, 9.17) is 23.2 Å². The molecule has 0 saturated heterocycles. The monoisotopic (exact) mass is 251 g/mol. The van der Waals surface area contributed by atoms with E-state index in [0.717, 1.165) is 23.2 Å². The van der Waals surface area contributed by atoms with Crippen molar-refractivity contribution in [3.63, 3.8) is 0 Å². The fraction of sp³-hybridized carbons (Fsp3) is 0.154. The van der Waals surface area contributed by atoms with Crippen LogP contribution in [-0.4, -0.2) is 4.98 Å². The minimum absolute atomic E-state index is 0.649. The molecular formula is C13H11Cl2N. The highest BCUT2D eigenvalue weighted by Crippen LogP contribution is 2.31. The van der Waals surface area contributed by atoms with E-state index in [1.165, 1.54) is 0 Å². The topological polar surface area (TPSA) is 12.9 Å². The van der Waals surface area contributed by atoms with Gasteiger partial charge in [-0.1, -0.05) is 42.3 Å². The minimum atomic E-state index is 0.649. The molecule has 2 rings (SSSR count). The molecule has 1 aromatic carbocycles. The van der Waals surface area contributed by atoms with Gasteiger partial charge in [0.25, 0.3) is 0 Å². The Labute approximate surface area is 105 Å². The number of aryl methyl sites for hydroxylation is 1. The van der Waals surface area contributed by atoms with Crippen molar-refractivity contribution in [1.82, 2.24) is 4.98 Å². The van der Waals surface area contributed by atoms with Gasteiger partial charge in [-0.2, -0.15) is 0 Å². The number of halogens is 2. The summed E-state index contributed by atoms with van der Waals surface area (Å²) in [5.41, 5.74) is 3.11. The lowest BCUT2D eigenvalue weighted by Crippen LogP contribution is -1.91. The van der Waals surface area contributed by atoms with Crippen molar-refractivity contribution in [2.24, 2.45) is 0 Å². The number of hydrogen-bond acceptors (Lipinski definition) is 1. The lowest BCUT2D eigenvalue weighted by molar-refractivity contribution is 1.04.